The molecule has 1 aliphatic heterocycles. The summed E-state index contributed by atoms with van der Waals surface area (Å²) in [4.78, 5) is 25.4. The molecule has 0 unspecified atom stereocenters. The van der Waals surface area contributed by atoms with Crippen LogP contribution in [0.3, 0.4) is 0 Å². The lowest BCUT2D eigenvalue weighted by atomic mass is 9.96. The van der Waals surface area contributed by atoms with Gasteiger partial charge in [-0.3, -0.25) is 14.3 Å². The predicted molar refractivity (Wildman–Crippen MR) is 107 cm³/mol. The maximum Gasteiger partial charge on any atom is 0.306 e. The van der Waals surface area contributed by atoms with E-state index in [9.17, 15) is 9.59 Å². The number of piperidine rings is 1. The van der Waals surface area contributed by atoms with Gasteiger partial charge < -0.3 is 10.0 Å². The number of benzene rings is 1. The highest BCUT2D eigenvalue weighted by Gasteiger charge is 2.27. The van der Waals surface area contributed by atoms with E-state index in [4.69, 9.17) is 5.11 Å². The van der Waals surface area contributed by atoms with Crippen molar-refractivity contribution in [2.24, 2.45) is 5.92 Å². The van der Waals surface area contributed by atoms with Crippen LogP contribution in [0.25, 0.3) is 0 Å². The van der Waals surface area contributed by atoms with Crippen LogP contribution in [0.15, 0.2) is 24.3 Å². The quantitative estimate of drug-likeness (QED) is 0.832. The Balaban J connectivity index is 1.59. The highest BCUT2D eigenvalue weighted by Crippen LogP contribution is 2.20. The van der Waals surface area contributed by atoms with Crippen molar-refractivity contribution < 1.29 is 14.7 Å². The van der Waals surface area contributed by atoms with E-state index in [1.165, 1.54) is 11.1 Å². The maximum atomic E-state index is 12.6. The Morgan fingerprint density at radius 2 is 1.75 bits per heavy atom. The van der Waals surface area contributed by atoms with Crippen molar-refractivity contribution in [2.45, 2.75) is 53.0 Å². The lowest BCUT2D eigenvalue weighted by molar-refractivity contribution is -0.145. The minimum absolute atomic E-state index is 0.105. The third kappa shape index (κ3) is 4.61. The lowest BCUT2D eigenvalue weighted by Gasteiger charge is -2.30. The monoisotopic (exact) mass is 383 g/mol. The first-order valence-corrected chi connectivity index (χ1v) is 9.94. The molecule has 1 aliphatic rings. The average molecular weight is 383 g/mol. The van der Waals surface area contributed by atoms with Crippen molar-refractivity contribution >= 4 is 11.9 Å². The molecule has 1 amide bonds. The van der Waals surface area contributed by atoms with E-state index >= 15 is 0 Å². The van der Waals surface area contributed by atoms with E-state index in [2.05, 4.69) is 43.2 Å². The second-order valence-electron chi connectivity index (χ2n) is 7.79. The molecule has 0 saturated carbocycles. The molecule has 28 heavy (non-hydrogen) atoms. The molecular weight excluding hydrogens is 354 g/mol. The molecule has 0 atom stereocenters. The lowest BCUT2D eigenvalue weighted by Crippen LogP contribution is -2.40. The Labute approximate surface area is 166 Å². The molecule has 1 aromatic heterocycles. The molecule has 3 rings (SSSR count). The van der Waals surface area contributed by atoms with E-state index < -0.39 is 5.97 Å². The van der Waals surface area contributed by atoms with E-state index in [0.717, 1.165) is 23.5 Å². The van der Waals surface area contributed by atoms with Gasteiger partial charge in [0.05, 0.1) is 18.2 Å². The standard InChI is InChI=1S/C22H29N3O3/c1-15-4-6-18(7-5-15)14-25-17(3)20(16(2)23-25)8-9-21(26)24-12-10-19(11-13-24)22(27)28/h4-7,19H,8-14H2,1-3H3,(H,27,28). The summed E-state index contributed by atoms with van der Waals surface area (Å²) < 4.78 is 2.01. The van der Waals surface area contributed by atoms with E-state index in [1.807, 2.05) is 11.6 Å². The minimum atomic E-state index is -0.751. The summed E-state index contributed by atoms with van der Waals surface area (Å²) in [7, 11) is 0. The number of aliphatic carboxylic acids is 1. The Bertz CT molecular complexity index is 847. The normalized spacial score (nSPS) is 15.0. The topological polar surface area (TPSA) is 75.4 Å². The van der Waals surface area contributed by atoms with Crippen LogP contribution in [0.1, 0.15) is 47.3 Å². The molecular formula is C22H29N3O3. The van der Waals surface area contributed by atoms with Gasteiger partial charge in [0, 0.05) is 25.2 Å². The van der Waals surface area contributed by atoms with Crippen molar-refractivity contribution in [2.75, 3.05) is 13.1 Å². The number of amides is 1. The van der Waals surface area contributed by atoms with Crippen molar-refractivity contribution in [3.63, 3.8) is 0 Å². The molecule has 6 heteroatoms. The molecule has 150 valence electrons. The molecule has 2 aromatic rings. The van der Waals surface area contributed by atoms with Crippen LogP contribution in [-0.2, 0) is 22.6 Å². The van der Waals surface area contributed by atoms with E-state index in [-0.39, 0.29) is 11.8 Å². The first kappa shape index (κ1) is 20.1. The fourth-order valence-corrected chi connectivity index (χ4v) is 3.88. The van der Waals surface area contributed by atoms with Crippen LogP contribution < -0.4 is 0 Å². The molecule has 6 nitrogen and oxygen atoms in total. The molecule has 1 fully saturated rings. The zero-order valence-corrected chi connectivity index (χ0v) is 16.9. The van der Waals surface area contributed by atoms with E-state index in [1.54, 1.807) is 4.90 Å². The van der Waals surface area contributed by atoms with Gasteiger partial charge in [-0.25, -0.2) is 0 Å². The smallest absolute Gasteiger partial charge is 0.306 e. The van der Waals surface area contributed by atoms with Gasteiger partial charge in [0.1, 0.15) is 0 Å². The number of likely N-dealkylation sites (tertiary alicyclic amines) is 1. The number of carbonyl (C=O) groups is 2. The first-order valence-electron chi connectivity index (χ1n) is 9.94. The van der Waals surface area contributed by atoms with Crippen molar-refractivity contribution in [3.8, 4) is 0 Å². The largest absolute Gasteiger partial charge is 0.481 e. The van der Waals surface area contributed by atoms with Gasteiger partial charge in [0.2, 0.25) is 5.91 Å². The van der Waals surface area contributed by atoms with Gasteiger partial charge in [-0.2, -0.15) is 5.10 Å². The Morgan fingerprint density at radius 3 is 2.36 bits per heavy atom. The van der Waals surface area contributed by atoms with Gasteiger partial charge in [-0.05, 0) is 51.2 Å². The van der Waals surface area contributed by atoms with Crippen molar-refractivity contribution in [1.82, 2.24) is 14.7 Å². The summed E-state index contributed by atoms with van der Waals surface area (Å²) in [5.74, 6) is -0.957. The summed E-state index contributed by atoms with van der Waals surface area (Å²) in [6, 6.07) is 8.45. The molecule has 0 aliphatic carbocycles. The third-order valence-corrected chi connectivity index (χ3v) is 5.77. The molecule has 0 radical (unpaired) electrons. The van der Waals surface area contributed by atoms with Crippen LogP contribution in [-0.4, -0.2) is 44.8 Å². The fraction of sp³-hybridized carbons (Fsp3) is 0.500. The zero-order chi connectivity index (χ0) is 20.3. The second kappa shape index (κ2) is 8.59. The second-order valence-corrected chi connectivity index (χ2v) is 7.79. The van der Waals surface area contributed by atoms with Gasteiger partial charge in [-0.1, -0.05) is 29.8 Å². The number of hydrogen-bond donors (Lipinski definition) is 1. The van der Waals surface area contributed by atoms with Crippen molar-refractivity contribution in [1.29, 1.82) is 0 Å². The molecule has 1 saturated heterocycles. The third-order valence-electron chi connectivity index (χ3n) is 5.77. The van der Waals surface area contributed by atoms with Crippen LogP contribution in [0.2, 0.25) is 0 Å². The van der Waals surface area contributed by atoms with Gasteiger partial charge in [-0.15, -0.1) is 0 Å². The van der Waals surface area contributed by atoms with Crippen LogP contribution in [0.5, 0.6) is 0 Å². The Kier molecular flexibility index (Phi) is 6.17. The maximum absolute atomic E-state index is 12.6. The average Bonchev–Trinajstić information content (AvgIpc) is 2.94. The molecule has 1 aromatic carbocycles. The highest BCUT2D eigenvalue weighted by molar-refractivity contribution is 5.77. The Hall–Kier alpha value is -2.63. The van der Waals surface area contributed by atoms with Gasteiger partial charge in [0.15, 0.2) is 0 Å². The van der Waals surface area contributed by atoms with Crippen LogP contribution in [0.4, 0.5) is 0 Å². The summed E-state index contributed by atoms with van der Waals surface area (Å²) >= 11 is 0. The number of hydrogen-bond acceptors (Lipinski definition) is 3. The van der Waals surface area contributed by atoms with Crippen molar-refractivity contribution in [3.05, 3.63) is 52.3 Å². The van der Waals surface area contributed by atoms with Gasteiger partial charge >= 0.3 is 5.97 Å². The Morgan fingerprint density at radius 1 is 1.11 bits per heavy atom. The summed E-state index contributed by atoms with van der Waals surface area (Å²) in [6.07, 6.45) is 2.21. The SMILES string of the molecule is Cc1ccc(Cn2nc(C)c(CCC(=O)N3CCC(C(=O)O)CC3)c2C)cc1. The number of carboxylic acid groups (broad SMARTS) is 1. The first-order chi connectivity index (χ1) is 13.3. The number of carboxylic acids is 1. The summed E-state index contributed by atoms with van der Waals surface area (Å²) in [5, 5.41) is 13.8. The van der Waals surface area contributed by atoms with Gasteiger partial charge in [0.25, 0.3) is 0 Å². The molecule has 0 spiro atoms. The number of nitrogens with zero attached hydrogens (tertiary/aromatic N) is 3. The highest BCUT2D eigenvalue weighted by atomic mass is 16.4. The molecule has 1 N–H and O–H groups in total. The molecule has 0 bridgehead atoms. The number of carbonyl (C=O) groups excluding carboxylic acids is 1. The van der Waals surface area contributed by atoms with Crippen LogP contribution >= 0.6 is 0 Å². The zero-order valence-electron chi connectivity index (χ0n) is 16.9. The number of aryl methyl sites for hydroxylation is 2. The fourth-order valence-electron chi connectivity index (χ4n) is 3.88. The molecule has 2 heterocycles. The van der Waals surface area contributed by atoms with E-state index in [0.29, 0.717) is 38.8 Å². The predicted octanol–water partition coefficient (Wildman–Crippen LogP) is 3.11. The number of rotatable bonds is 6. The summed E-state index contributed by atoms with van der Waals surface area (Å²) in [6.45, 7) is 7.94. The summed E-state index contributed by atoms with van der Waals surface area (Å²) in [5.41, 5.74) is 5.67. The number of aromatic nitrogens is 2. The minimum Gasteiger partial charge on any atom is -0.481 e. The van der Waals surface area contributed by atoms with Crippen LogP contribution in [0, 0.1) is 26.7 Å².